The minimum atomic E-state index is 0.319. The van der Waals surface area contributed by atoms with Crippen LogP contribution in [0.5, 0.6) is 0 Å². The number of thioether (sulfide) groups is 1. The molecule has 0 saturated carbocycles. The van der Waals surface area contributed by atoms with E-state index in [9.17, 15) is 0 Å². The van der Waals surface area contributed by atoms with E-state index in [2.05, 4.69) is 47.6 Å². The Morgan fingerprint density at radius 1 is 1.61 bits per heavy atom. The van der Waals surface area contributed by atoms with Gasteiger partial charge < -0.3 is 5.32 Å². The minimum absolute atomic E-state index is 0.319. The molecule has 18 heavy (non-hydrogen) atoms. The molecule has 102 valence electrons. The van der Waals surface area contributed by atoms with Gasteiger partial charge >= 0.3 is 0 Å². The molecule has 2 rings (SSSR count). The molecule has 2 atom stereocenters. The van der Waals surface area contributed by atoms with Crippen molar-refractivity contribution in [3.8, 4) is 0 Å². The van der Waals surface area contributed by atoms with Gasteiger partial charge in [-0.05, 0) is 39.0 Å². The van der Waals surface area contributed by atoms with Crippen molar-refractivity contribution in [3.05, 3.63) is 16.9 Å². The molecule has 1 aromatic heterocycles. The third-order valence-electron chi connectivity index (χ3n) is 3.33. The van der Waals surface area contributed by atoms with Crippen molar-refractivity contribution in [2.45, 2.75) is 50.9 Å². The normalized spacial score (nSPS) is 21.7. The summed E-state index contributed by atoms with van der Waals surface area (Å²) in [5, 5.41) is 9.44. The van der Waals surface area contributed by atoms with E-state index in [1.54, 1.807) is 6.20 Å². The third-order valence-corrected chi connectivity index (χ3v) is 5.08. The molecule has 1 fully saturated rings. The van der Waals surface area contributed by atoms with Gasteiger partial charge in [-0.25, -0.2) is 0 Å². The van der Waals surface area contributed by atoms with Crippen molar-refractivity contribution >= 4 is 23.4 Å². The highest BCUT2D eigenvalue weighted by molar-refractivity contribution is 8.00. The van der Waals surface area contributed by atoms with Crippen molar-refractivity contribution < 1.29 is 0 Å². The van der Waals surface area contributed by atoms with E-state index in [1.807, 2.05) is 0 Å². The molecule has 0 spiro atoms. The maximum atomic E-state index is 6.37. The predicted octanol–water partition coefficient (Wildman–Crippen LogP) is 3.66. The van der Waals surface area contributed by atoms with Gasteiger partial charge in [-0.3, -0.25) is 4.68 Å². The topological polar surface area (TPSA) is 29.9 Å². The van der Waals surface area contributed by atoms with Gasteiger partial charge in [0.15, 0.2) is 0 Å². The van der Waals surface area contributed by atoms with Crippen LogP contribution < -0.4 is 5.32 Å². The number of aromatic nitrogens is 2. The summed E-state index contributed by atoms with van der Waals surface area (Å²) in [6.45, 7) is 7.41. The van der Waals surface area contributed by atoms with E-state index < -0.39 is 0 Å². The predicted molar refractivity (Wildman–Crippen MR) is 79.5 cm³/mol. The fourth-order valence-electron chi connectivity index (χ4n) is 2.54. The highest BCUT2D eigenvalue weighted by Gasteiger charge is 2.31. The standard InChI is InChI=1S/C13H22ClN3S/c1-4-15-12(11-6-5-7-18-11)13-10(14)8-16-17(13)9(2)3/h8-9,11-12,15H,4-7H2,1-3H3. The van der Waals surface area contributed by atoms with Gasteiger partial charge in [-0.15, -0.1) is 0 Å². The van der Waals surface area contributed by atoms with Gasteiger partial charge in [0.05, 0.1) is 23.0 Å². The van der Waals surface area contributed by atoms with Crippen molar-refractivity contribution in [3.63, 3.8) is 0 Å². The van der Waals surface area contributed by atoms with Crippen LogP contribution in [0.2, 0.25) is 5.02 Å². The Morgan fingerprint density at radius 2 is 2.39 bits per heavy atom. The lowest BCUT2D eigenvalue weighted by molar-refractivity contribution is 0.437. The Morgan fingerprint density at radius 3 is 2.94 bits per heavy atom. The highest BCUT2D eigenvalue weighted by atomic mass is 35.5. The zero-order valence-corrected chi connectivity index (χ0v) is 12.9. The molecular weight excluding hydrogens is 266 g/mol. The van der Waals surface area contributed by atoms with E-state index >= 15 is 0 Å². The van der Waals surface area contributed by atoms with E-state index in [1.165, 1.54) is 18.6 Å². The number of rotatable bonds is 5. The maximum absolute atomic E-state index is 6.37. The molecule has 1 N–H and O–H groups in total. The molecule has 1 saturated heterocycles. The fraction of sp³-hybridized carbons (Fsp3) is 0.769. The van der Waals surface area contributed by atoms with Gasteiger partial charge in [0.1, 0.15) is 0 Å². The summed E-state index contributed by atoms with van der Waals surface area (Å²) in [5.74, 6) is 1.26. The van der Waals surface area contributed by atoms with E-state index in [0.29, 0.717) is 17.3 Å². The molecule has 1 aliphatic heterocycles. The molecule has 0 radical (unpaired) electrons. The van der Waals surface area contributed by atoms with Gasteiger partial charge in [-0.2, -0.15) is 16.9 Å². The number of halogens is 1. The molecular formula is C13H22ClN3S. The summed E-state index contributed by atoms with van der Waals surface area (Å²) < 4.78 is 2.06. The monoisotopic (exact) mass is 287 g/mol. The molecule has 1 aromatic rings. The first-order chi connectivity index (χ1) is 8.65. The van der Waals surface area contributed by atoms with Crippen molar-refractivity contribution in [2.24, 2.45) is 0 Å². The number of hydrogen-bond donors (Lipinski definition) is 1. The van der Waals surface area contributed by atoms with E-state index in [0.717, 1.165) is 17.3 Å². The molecule has 0 amide bonds. The van der Waals surface area contributed by atoms with Crippen LogP contribution in [0, 0.1) is 0 Å². The van der Waals surface area contributed by atoms with Crippen molar-refractivity contribution in [1.82, 2.24) is 15.1 Å². The number of nitrogens with zero attached hydrogens (tertiary/aromatic N) is 2. The average molecular weight is 288 g/mol. The van der Waals surface area contributed by atoms with Gasteiger partial charge in [-0.1, -0.05) is 18.5 Å². The summed E-state index contributed by atoms with van der Waals surface area (Å²) >= 11 is 8.42. The molecule has 2 heterocycles. The summed E-state index contributed by atoms with van der Waals surface area (Å²) in [6.07, 6.45) is 4.35. The quantitative estimate of drug-likeness (QED) is 0.896. The van der Waals surface area contributed by atoms with Gasteiger partial charge in [0.2, 0.25) is 0 Å². The lowest BCUT2D eigenvalue weighted by Gasteiger charge is -2.26. The zero-order chi connectivity index (χ0) is 13.1. The molecule has 2 unspecified atom stereocenters. The first-order valence-corrected chi connectivity index (χ1v) is 8.15. The van der Waals surface area contributed by atoms with E-state index in [-0.39, 0.29) is 0 Å². The molecule has 0 aliphatic carbocycles. The molecule has 3 nitrogen and oxygen atoms in total. The second-order valence-electron chi connectivity index (χ2n) is 5.00. The number of nitrogens with one attached hydrogen (secondary N) is 1. The van der Waals surface area contributed by atoms with Crippen LogP contribution in [0.3, 0.4) is 0 Å². The third kappa shape index (κ3) is 2.86. The van der Waals surface area contributed by atoms with Crippen molar-refractivity contribution in [2.75, 3.05) is 12.3 Å². The van der Waals surface area contributed by atoms with E-state index in [4.69, 9.17) is 11.6 Å². The Labute approximate surface area is 119 Å². The number of hydrogen-bond acceptors (Lipinski definition) is 3. The maximum Gasteiger partial charge on any atom is 0.0834 e. The lowest BCUT2D eigenvalue weighted by Crippen LogP contribution is -2.31. The Hall–Kier alpha value is -0.190. The van der Waals surface area contributed by atoms with Crippen LogP contribution in [0.15, 0.2) is 6.20 Å². The SMILES string of the molecule is CCNC(c1c(Cl)cnn1C(C)C)C1CCCS1. The first-order valence-electron chi connectivity index (χ1n) is 6.73. The summed E-state index contributed by atoms with van der Waals surface area (Å²) in [4.78, 5) is 0. The van der Waals surface area contributed by atoms with Crippen LogP contribution in [-0.2, 0) is 0 Å². The zero-order valence-electron chi connectivity index (χ0n) is 11.3. The molecule has 0 aromatic carbocycles. The second-order valence-corrected chi connectivity index (χ2v) is 6.76. The molecule has 0 bridgehead atoms. The minimum Gasteiger partial charge on any atom is -0.308 e. The smallest absolute Gasteiger partial charge is 0.0834 e. The Balaban J connectivity index is 2.31. The summed E-state index contributed by atoms with van der Waals surface area (Å²) in [5.41, 5.74) is 1.16. The van der Waals surface area contributed by atoms with Crippen LogP contribution >= 0.6 is 23.4 Å². The van der Waals surface area contributed by atoms with Crippen LogP contribution in [-0.4, -0.2) is 27.3 Å². The lowest BCUT2D eigenvalue weighted by atomic mass is 10.1. The largest absolute Gasteiger partial charge is 0.308 e. The average Bonchev–Trinajstić information content (AvgIpc) is 2.95. The van der Waals surface area contributed by atoms with Gasteiger partial charge in [0.25, 0.3) is 0 Å². The second kappa shape index (κ2) is 6.31. The van der Waals surface area contributed by atoms with Crippen LogP contribution in [0.1, 0.15) is 51.4 Å². The molecule has 1 aliphatic rings. The van der Waals surface area contributed by atoms with Crippen LogP contribution in [0.4, 0.5) is 0 Å². The summed E-state index contributed by atoms with van der Waals surface area (Å²) in [7, 11) is 0. The summed E-state index contributed by atoms with van der Waals surface area (Å²) in [6, 6.07) is 0.667. The highest BCUT2D eigenvalue weighted by Crippen LogP contribution is 2.38. The fourth-order valence-corrected chi connectivity index (χ4v) is 4.18. The molecule has 5 heteroatoms. The van der Waals surface area contributed by atoms with Gasteiger partial charge in [0, 0.05) is 11.3 Å². The van der Waals surface area contributed by atoms with Crippen molar-refractivity contribution in [1.29, 1.82) is 0 Å². The Bertz CT molecular complexity index is 386. The van der Waals surface area contributed by atoms with Crippen LogP contribution in [0.25, 0.3) is 0 Å². The Kier molecular flexibility index (Phi) is 4.98. The first kappa shape index (κ1) is 14.2.